The first-order valence-corrected chi connectivity index (χ1v) is 9.74. The van der Waals surface area contributed by atoms with Crippen molar-refractivity contribution < 1.29 is 8.78 Å². The Morgan fingerprint density at radius 1 is 1.31 bits per heavy atom. The lowest BCUT2D eigenvalue weighted by Gasteiger charge is -2.32. The predicted molar refractivity (Wildman–Crippen MR) is 102 cm³/mol. The monoisotopic (exact) mass is 373 g/mol. The molecule has 2 unspecified atom stereocenters. The number of nitrogens with zero attached hydrogens (tertiary/aromatic N) is 2. The van der Waals surface area contributed by atoms with Gasteiger partial charge in [0.15, 0.2) is 0 Å². The van der Waals surface area contributed by atoms with Crippen molar-refractivity contribution in [1.82, 2.24) is 4.98 Å². The maximum Gasteiger partial charge on any atom is 0.203 e. The van der Waals surface area contributed by atoms with Crippen molar-refractivity contribution in [1.29, 1.82) is 0 Å². The van der Waals surface area contributed by atoms with E-state index in [0.717, 1.165) is 12.0 Å². The largest absolute Gasteiger partial charge is 0.253 e. The molecule has 2 fully saturated rings. The van der Waals surface area contributed by atoms with Crippen molar-refractivity contribution in [3.05, 3.63) is 46.9 Å². The Hall–Kier alpha value is -2.08. The lowest BCUT2D eigenvalue weighted by atomic mass is 9.73. The van der Waals surface area contributed by atoms with Crippen molar-refractivity contribution in [2.45, 2.75) is 33.1 Å². The molecule has 0 spiro atoms. The van der Waals surface area contributed by atoms with Gasteiger partial charge in [0.25, 0.3) is 0 Å². The zero-order valence-corrected chi connectivity index (χ0v) is 15.6. The fourth-order valence-electron chi connectivity index (χ4n) is 4.39. The summed E-state index contributed by atoms with van der Waals surface area (Å²) < 4.78 is 26.9. The van der Waals surface area contributed by atoms with E-state index in [-0.39, 0.29) is 11.0 Å². The Morgan fingerprint density at radius 2 is 2.15 bits per heavy atom. The molecule has 0 amide bonds. The fraction of sp³-hybridized carbons (Fsp3) is 0.400. The number of aromatic nitrogens is 1. The minimum Gasteiger partial charge on any atom is -0.253 e. The number of anilines is 1. The predicted octanol–water partition coefficient (Wildman–Crippen LogP) is 5.87. The molecule has 4 rings (SSSR count). The summed E-state index contributed by atoms with van der Waals surface area (Å²) in [7, 11) is 0. The van der Waals surface area contributed by atoms with Gasteiger partial charge in [-0.2, -0.15) is 5.10 Å². The second kappa shape index (κ2) is 6.58. The number of hydrogen-bond acceptors (Lipinski definition) is 4. The van der Waals surface area contributed by atoms with Crippen LogP contribution < -0.4 is 5.43 Å². The van der Waals surface area contributed by atoms with E-state index in [4.69, 9.17) is 0 Å². The van der Waals surface area contributed by atoms with Crippen LogP contribution in [0.15, 0.2) is 40.3 Å². The molecule has 2 aromatic rings. The van der Waals surface area contributed by atoms with E-state index in [9.17, 15) is 8.78 Å². The van der Waals surface area contributed by atoms with Gasteiger partial charge in [-0.25, -0.2) is 13.8 Å². The van der Waals surface area contributed by atoms with Crippen LogP contribution in [0.2, 0.25) is 0 Å². The fourth-order valence-corrected chi connectivity index (χ4v) is 5.05. The van der Waals surface area contributed by atoms with E-state index in [1.165, 1.54) is 48.3 Å². The minimum atomic E-state index is -0.617. The summed E-state index contributed by atoms with van der Waals surface area (Å²) in [6, 6.07) is 3.49. The van der Waals surface area contributed by atoms with Crippen LogP contribution in [0.25, 0.3) is 11.3 Å². The van der Waals surface area contributed by atoms with Crippen LogP contribution in [0.4, 0.5) is 13.9 Å². The third-order valence-corrected chi connectivity index (χ3v) is 6.58. The molecular formula is C20H21F2N3S. The van der Waals surface area contributed by atoms with Crippen LogP contribution in [0.1, 0.15) is 33.1 Å². The quantitative estimate of drug-likeness (QED) is 0.538. The van der Waals surface area contributed by atoms with Gasteiger partial charge in [0, 0.05) is 23.2 Å². The summed E-state index contributed by atoms with van der Waals surface area (Å²) in [6.07, 6.45) is 7.86. The smallest absolute Gasteiger partial charge is 0.203 e. The summed E-state index contributed by atoms with van der Waals surface area (Å²) in [5.74, 6) is 0.288. The molecule has 2 bridgehead atoms. The standard InChI is InChI=1S/C20H21F2N3S/c1-20(2)13-4-3-12(9-13)16(20)7-8-23-25-19-24-18(11-26-19)15-6-5-14(21)10-17(15)22/h5-8,10-13H,3-4,9H2,1-2H3,(H,24,25). The molecule has 0 aliphatic heterocycles. The molecule has 1 heterocycles. The first-order chi connectivity index (χ1) is 12.4. The second-order valence-electron chi connectivity index (χ2n) is 7.60. The van der Waals surface area contributed by atoms with Crippen LogP contribution in [0.5, 0.6) is 0 Å². The third-order valence-electron chi connectivity index (χ3n) is 5.84. The van der Waals surface area contributed by atoms with E-state index in [0.29, 0.717) is 16.7 Å². The number of hydrogen-bond donors (Lipinski definition) is 1. The number of benzene rings is 1. The van der Waals surface area contributed by atoms with Crippen LogP contribution in [-0.2, 0) is 0 Å². The average molecular weight is 373 g/mol. The highest BCUT2D eigenvalue weighted by molar-refractivity contribution is 7.14. The van der Waals surface area contributed by atoms with Gasteiger partial charge >= 0.3 is 0 Å². The van der Waals surface area contributed by atoms with E-state index < -0.39 is 11.6 Å². The molecule has 6 heteroatoms. The van der Waals surface area contributed by atoms with Gasteiger partial charge in [-0.15, -0.1) is 11.3 Å². The van der Waals surface area contributed by atoms with E-state index in [1.54, 1.807) is 11.6 Å². The molecule has 0 saturated heterocycles. The number of nitrogens with one attached hydrogen (secondary N) is 1. The molecule has 1 N–H and O–H groups in total. The molecule has 1 aromatic heterocycles. The van der Waals surface area contributed by atoms with Crippen LogP contribution in [0, 0.1) is 28.9 Å². The van der Waals surface area contributed by atoms with Crippen LogP contribution in [-0.4, -0.2) is 11.2 Å². The number of hydrazone groups is 1. The van der Waals surface area contributed by atoms with Crippen molar-refractivity contribution in [2.75, 3.05) is 5.43 Å². The SMILES string of the molecule is CC1(C)C(=CC=NNc2nc(-c3ccc(F)cc3F)cs2)C2CCC1C2. The zero-order chi connectivity index (χ0) is 18.3. The Kier molecular flexibility index (Phi) is 4.39. The van der Waals surface area contributed by atoms with Gasteiger partial charge < -0.3 is 0 Å². The molecule has 1 aromatic carbocycles. The molecule has 0 radical (unpaired) electrons. The Labute approximate surface area is 155 Å². The Balaban J connectivity index is 1.44. The normalized spacial score (nSPS) is 25.5. The van der Waals surface area contributed by atoms with E-state index >= 15 is 0 Å². The number of fused-ring (bicyclic) bond motifs is 2. The number of thiazole rings is 1. The molecule has 2 saturated carbocycles. The third kappa shape index (κ3) is 3.07. The Bertz CT molecular complexity index is 885. The van der Waals surface area contributed by atoms with Crippen molar-refractivity contribution in [2.24, 2.45) is 22.4 Å². The molecular weight excluding hydrogens is 352 g/mol. The van der Waals surface area contributed by atoms with Crippen molar-refractivity contribution in [3.8, 4) is 11.3 Å². The molecule has 2 aliphatic rings. The van der Waals surface area contributed by atoms with Crippen LogP contribution in [0.3, 0.4) is 0 Å². The highest BCUT2D eigenvalue weighted by atomic mass is 32.1. The zero-order valence-electron chi connectivity index (χ0n) is 14.8. The summed E-state index contributed by atoms with van der Waals surface area (Å²) in [5, 5.41) is 6.54. The summed E-state index contributed by atoms with van der Waals surface area (Å²) in [6.45, 7) is 4.66. The second-order valence-corrected chi connectivity index (χ2v) is 8.46. The Morgan fingerprint density at radius 3 is 2.88 bits per heavy atom. The van der Waals surface area contributed by atoms with Gasteiger partial charge in [0.2, 0.25) is 5.13 Å². The van der Waals surface area contributed by atoms with Gasteiger partial charge in [-0.3, -0.25) is 5.43 Å². The topological polar surface area (TPSA) is 37.3 Å². The van der Waals surface area contributed by atoms with Crippen molar-refractivity contribution in [3.63, 3.8) is 0 Å². The van der Waals surface area contributed by atoms with Gasteiger partial charge in [0.05, 0.1) is 5.69 Å². The summed E-state index contributed by atoms with van der Waals surface area (Å²) >= 11 is 1.33. The van der Waals surface area contributed by atoms with Crippen LogP contribution >= 0.6 is 11.3 Å². The van der Waals surface area contributed by atoms with Gasteiger partial charge in [-0.05, 0) is 54.7 Å². The van der Waals surface area contributed by atoms with E-state index in [1.807, 2.05) is 0 Å². The summed E-state index contributed by atoms with van der Waals surface area (Å²) in [5.41, 5.74) is 5.41. The highest BCUT2D eigenvalue weighted by Crippen LogP contribution is 2.58. The molecule has 2 aliphatic carbocycles. The number of rotatable bonds is 4. The van der Waals surface area contributed by atoms with Crippen molar-refractivity contribution >= 4 is 22.7 Å². The molecule has 2 atom stereocenters. The van der Waals surface area contributed by atoms with E-state index in [2.05, 4.69) is 35.4 Å². The first kappa shape index (κ1) is 17.3. The lowest BCUT2D eigenvalue weighted by Crippen LogP contribution is -2.22. The molecule has 26 heavy (non-hydrogen) atoms. The molecule has 136 valence electrons. The summed E-state index contributed by atoms with van der Waals surface area (Å²) in [4.78, 5) is 4.32. The van der Waals surface area contributed by atoms with Gasteiger partial charge in [-0.1, -0.05) is 19.4 Å². The maximum atomic E-state index is 13.8. The minimum absolute atomic E-state index is 0.267. The highest BCUT2D eigenvalue weighted by Gasteiger charge is 2.48. The number of allylic oxidation sites excluding steroid dienone is 2. The molecule has 3 nitrogen and oxygen atoms in total. The average Bonchev–Trinajstić information content (AvgIpc) is 3.28. The lowest BCUT2D eigenvalue weighted by molar-refractivity contribution is 0.288. The number of halogens is 2. The first-order valence-electron chi connectivity index (χ1n) is 8.86. The van der Waals surface area contributed by atoms with Gasteiger partial charge in [0.1, 0.15) is 11.6 Å². The maximum absolute atomic E-state index is 13.8.